The highest BCUT2D eigenvalue weighted by molar-refractivity contribution is 5.94. The van der Waals surface area contributed by atoms with Gasteiger partial charge in [-0.3, -0.25) is 4.79 Å². The number of carbonyl (C=O) groups is 1. The maximum Gasteiger partial charge on any atom is 0.251 e. The smallest absolute Gasteiger partial charge is 0.251 e. The van der Waals surface area contributed by atoms with Gasteiger partial charge in [0.05, 0.1) is 0 Å². The number of hydrogen-bond acceptors (Lipinski definition) is 3. The zero-order chi connectivity index (χ0) is 18.4. The first-order chi connectivity index (χ1) is 12.6. The highest BCUT2D eigenvalue weighted by Crippen LogP contribution is 2.17. The molecule has 0 radical (unpaired) electrons. The van der Waals surface area contributed by atoms with Crippen LogP contribution in [0, 0.1) is 5.82 Å². The number of carbonyl (C=O) groups excluding carboxylic acids is 1. The number of likely N-dealkylation sites (tertiary alicyclic amines) is 1. The normalized spacial score (nSPS) is 17.7. The maximum absolute atomic E-state index is 12.9. The van der Waals surface area contributed by atoms with Crippen LogP contribution >= 0.6 is 0 Å². The molecule has 2 aromatic rings. The first-order valence-electron chi connectivity index (χ1n) is 9.14. The fourth-order valence-corrected chi connectivity index (χ4v) is 3.20. The first kappa shape index (κ1) is 18.4. The molecule has 0 aliphatic carbocycles. The maximum atomic E-state index is 12.9. The van der Waals surface area contributed by atoms with Crippen molar-refractivity contribution in [3.8, 4) is 5.75 Å². The molecule has 1 saturated heterocycles. The molecule has 2 aromatic carbocycles. The lowest BCUT2D eigenvalue weighted by Crippen LogP contribution is -2.47. The quantitative estimate of drug-likeness (QED) is 0.860. The Kier molecular flexibility index (Phi) is 6.23. The molecule has 0 spiro atoms. The zero-order valence-corrected chi connectivity index (χ0v) is 15.1. The molecule has 0 bridgehead atoms. The van der Waals surface area contributed by atoms with E-state index in [9.17, 15) is 9.18 Å². The van der Waals surface area contributed by atoms with Crippen LogP contribution in [0.25, 0.3) is 0 Å². The number of nitrogens with zero attached hydrogens (tertiary/aromatic N) is 1. The Morgan fingerprint density at radius 2 is 2.08 bits per heavy atom. The van der Waals surface area contributed by atoms with Crippen LogP contribution in [0.4, 0.5) is 4.39 Å². The molecule has 0 unspecified atom stereocenters. The topological polar surface area (TPSA) is 41.6 Å². The molecular formula is C21H25FN2O2. The molecule has 26 heavy (non-hydrogen) atoms. The van der Waals surface area contributed by atoms with Crippen molar-refractivity contribution >= 4 is 5.91 Å². The number of rotatable bonds is 6. The summed E-state index contributed by atoms with van der Waals surface area (Å²) in [7, 11) is 0. The minimum Gasteiger partial charge on any atom is -0.489 e. The summed E-state index contributed by atoms with van der Waals surface area (Å²) in [5, 5.41) is 3.13. The van der Waals surface area contributed by atoms with Crippen LogP contribution < -0.4 is 10.1 Å². The van der Waals surface area contributed by atoms with Crippen molar-refractivity contribution in [1.29, 1.82) is 0 Å². The molecule has 5 heteroatoms. The Morgan fingerprint density at radius 3 is 2.85 bits per heavy atom. The van der Waals surface area contributed by atoms with E-state index in [0.717, 1.165) is 38.0 Å². The highest BCUT2D eigenvalue weighted by atomic mass is 19.1. The van der Waals surface area contributed by atoms with Crippen LogP contribution in [0.1, 0.15) is 35.7 Å². The molecule has 1 aliphatic rings. The standard InChI is InChI=1S/C21H25FN2O2/c1-2-24-12-4-6-19(14-24)23-21(25)17-5-3-7-20(13-17)26-15-16-8-10-18(22)11-9-16/h3,5,7-11,13,19H,2,4,6,12,14-15H2,1H3,(H,23,25)/t19-/m1/s1. The van der Waals surface area contributed by atoms with Gasteiger partial charge in [0, 0.05) is 18.2 Å². The van der Waals surface area contributed by atoms with Gasteiger partial charge in [-0.2, -0.15) is 0 Å². The number of nitrogens with one attached hydrogen (secondary N) is 1. The number of likely N-dealkylation sites (N-methyl/N-ethyl adjacent to an activating group) is 1. The predicted octanol–water partition coefficient (Wildman–Crippen LogP) is 3.62. The minimum absolute atomic E-state index is 0.0693. The van der Waals surface area contributed by atoms with Crippen molar-refractivity contribution in [3.63, 3.8) is 0 Å². The molecule has 4 nitrogen and oxygen atoms in total. The fraction of sp³-hybridized carbons (Fsp3) is 0.381. The fourth-order valence-electron chi connectivity index (χ4n) is 3.20. The second-order valence-corrected chi connectivity index (χ2v) is 6.65. The summed E-state index contributed by atoms with van der Waals surface area (Å²) >= 11 is 0. The largest absolute Gasteiger partial charge is 0.489 e. The summed E-state index contributed by atoms with van der Waals surface area (Å²) in [5.74, 6) is 0.290. The molecule has 1 heterocycles. The lowest BCUT2D eigenvalue weighted by Gasteiger charge is -2.32. The van der Waals surface area contributed by atoms with Gasteiger partial charge in [-0.1, -0.05) is 25.1 Å². The highest BCUT2D eigenvalue weighted by Gasteiger charge is 2.20. The van der Waals surface area contributed by atoms with E-state index in [1.165, 1.54) is 12.1 Å². The monoisotopic (exact) mass is 356 g/mol. The summed E-state index contributed by atoms with van der Waals surface area (Å²) < 4.78 is 18.7. The van der Waals surface area contributed by atoms with Gasteiger partial charge in [0.1, 0.15) is 18.2 Å². The van der Waals surface area contributed by atoms with Gasteiger partial charge >= 0.3 is 0 Å². The average molecular weight is 356 g/mol. The number of amides is 1. The Hall–Kier alpha value is -2.40. The van der Waals surface area contributed by atoms with Crippen LogP contribution in [-0.4, -0.2) is 36.5 Å². The molecule has 138 valence electrons. The van der Waals surface area contributed by atoms with Crippen molar-refractivity contribution in [2.24, 2.45) is 0 Å². The summed E-state index contributed by atoms with van der Waals surface area (Å²) in [5.41, 5.74) is 1.47. The van der Waals surface area contributed by atoms with Gasteiger partial charge in [0.25, 0.3) is 5.91 Å². The summed E-state index contributed by atoms with van der Waals surface area (Å²) in [6, 6.07) is 13.6. The minimum atomic E-state index is -0.267. The van der Waals surface area contributed by atoms with Crippen molar-refractivity contribution < 1.29 is 13.9 Å². The molecule has 1 atom stereocenters. The molecule has 0 saturated carbocycles. The second-order valence-electron chi connectivity index (χ2n) is 6.65. The van der Waals surface area contributed by atoms with Crippen LogP contribution in [-0.2, 0) is 6.61 Å². The van der Waals surface area contributed by atoms with Crippen LogP contribution in [0.2, 0.25) is 0 Å². The van der Waals surface area contributed by atoms with Gasteiger partial charge in [-0.05, 0) is 61.8 Å². The Labute approximate surface area is 154 Å². The average Bonchev–Trinajstić information content (AvgIpc) is 2.68. The number of benzene rings is 2. The number of hydrogen-bond donors (Lipinski definition) is 1. The van der Waals surface area contributed by atoms with Gasteiger partial charge in [-0.25, -0.2) is 4.39 Å². The Balaban J connectivity index is 1.57. The van der Waals surface area contributed by atoms with Crippen LogP contribution in [0.15, 0.2) is 48.5 Å². The number of halogens is 1. The van der Waals surface area contributed by atoms with E-state index < -0.39 is 0 Å². The first-order valence-corrected chi connectivity index (χ1v) is 9.14. The molecule has 3 rings (SSSR count). The van der Waals surface area contributed by atoms with Crippen molar-refractivity contribution in [3.05, 3.63) is 65.5 Å². The van der Waals surface area contributed by atoms with Gasteiger partial charge < -0.3 is 15.0 Å². The third-order valence-electron chi connectivity index (χ3n) is 4.70. The van der Waals surface area contributed by atoms with Crippen molar-refractivity contribution in [2.75, 3.05) is 19.6 Å². The van der Waals surface area contributed by atoms with E-state index in [1.807, 2.05) is 12.1 Å². The molecule has 1 N–H and O–H groups in total. The summed E-state index contributed by atoms with van der Waals surface area (Å²) in [6.07, 6.45) is 2.13. The van der Waals surface area contributed by atoms with E-state index in [4.69, 9.17) is 4.74 Å². The lowest BCUT2D eigenvalue weighted by molar-refractivity contribution is 0.0905. The lowest BCUT2D eigenvalue weighted by atomic mass is 10.1. The van der Waals surface area contributed by atoms with Gasteiger partial charge in [-0.15, -0.1) is 0 Å². The third-order valence-corrected chi connectivity index (χ3v) is 4.70. The van der Waals surface area contributed by atoms with E-state index in [0.29, 0.717) is 17.9 Å². The number of ether oxygens (including phenoxy) is 1. The molecule has 1 aliphatic heterocycles. The molecule has 1 amide bonds. The Bertz CT molecular complexity index is 733. The predicted molar refractivity (Wildman–Crippen MR) is 99.8 cm³/mol. The van der Waals surface area contributed by atoms with E-state index in [1.54, 1.807) is 24.3 Å². The zero-order valence-electron chi connectivity index (χ0n) is 15.1. The van der Waals surface area contributed by atoms with Gasteiger partial charge in [0.2, 0.25) is 0 Å². The second kappa shape index (κ2) is 8.81. The van der Waals surface area contributed by atoms with Crippen LogP contribution in [0.3, 0.4) is 0 Å². The third kappa shape index (κ3) is 5.05. The summed E-state index contributed by atoms with van der Waals surface area (Å²) in [4.78, 5) is 14.9. The van der Waals surface area contributed by atoms with Crippen LogP contribution in [0.5, 0.6) is 5.75 Å². The SMILES string of the molecule is CCN1CCC[C@@H](NC(=O)c2cccc(OCc3ccc(F)cc3)c2)C1. The van der Waals surface area contributed by atoms with E-state index >= 15 is 0 Å². The van der Waals surface area contributed by atoms with Gasteiger partial charge in [0.15, 0.2) is 0 Å². The molecule has 0 aromatic heterocycles. The molecular weight excluding hydrogens is 331 g/mol. The van der Waals surface area contributed by atoms with Crippen molar-refractivity contribution in [1.82, 2.24) is 10.2 Å². The number of piperidine rings is 1. The Morgan fingerprint density at radius 1 is 1.27 bits per heavy atom. The van der Waals surface area contributed by atoms with E-state index in [-0.39, 0.29) is 17.8 Å². The van der Waals surface area contributed by atoms with Crippen molar-refractivity contribution in [2.45, 2.75) is 32.4 Å². The molecule has 1 fully saturated rings. The van der Waals surface area contributed by atoms with E-state index in [2.05, 4.69) is 17.1 Å². The summed E-state index contributed by atoms with van der Waals surface area (Å²) in [6.45, 7) is 5.50.